The summed E-state index contributed by atoms with van der Waals surface area (Å²) in [6, 6.07) is 11.8. The van der Waals surface area contributed by atoms with Gasteiger partial charge in [-0.3, -0.25) is 9.69 Å². The summed E-state index contributed by atoms with van der Waals surface area (Å²) in [6.45, 7) is 7.84. The standard InChI is InChI=1S/C23H26N4OS2/c1-4-15(2)13-27-14-18(30-22-7-5-6-10-24-22)12-20(27)23(28)26-17-8-9-21-19(11-17)25-16(3)29-21/h4-11,18,20H,12-14H2,1-3H3,(H,26,28)/b15-4+/t18-,20+/m1/s1. The van der Waals surface area contributed by atoms with Crippen molar-refractivity contribution in [3.05, 3.63) is 59.3 Å². The second-order valence-corrected chi connectivity index (χ2v) is 10.2. The Kier molecular flexibility index (Phi) is 6.51. The number of fused-ring (bicyclic) bond motifs is 1. The van der Waals surface area contributed by atoms with Gasteiger partial charge >= 0.3 is 0 Å². The molecule has 156 valence electrons. The minimum atomic E-state index is -0.158. The Morgan fingerprint density at radius 1 is 1.37 bits per heavy atom. The number of amides is 1. The number of thiazole rings is 1. The highest BCUT2D eigenvalue weighted by Crippen LogP contribution is 2.33. The van der Waals surface area contributed by atoms with Gasteiger partial charge in [0.15, 0.2) is 0 Å². The first-order valence-electron chi connectivity index (χ1n) is 10.1. The van der Waals surface area contributed by atoms with Gasteiger partial charge in [-0.25, -0.2) is 9.97 Å². The lowest BCUT2D eigenvalue weighted by molar-refractivity contribution is -0.120. The van der Waals surface area contributed by atoms with Crippen molar-refractivity contribution < 1.29 is 4.79 Å². The normalized spacial score (nSPS) is 20.0. The van der Waals surface area contributed by atoms with Gasteiger partial charge in [0, 0.05) is 30.2 Å². The number of carbonyl (C=O) groups is 1. The number of anilines is 1. The van der Waals surface area contributed by atoms with Crippen molar-refractivity contribution in [2.75, 3.05) is 18.4 Å². The fourth-order valence-corrected chi connectivity index (χ4v) is 5.71. The Bertz CT molecular complexity index is 1060. The van der Waals surface area contributed by atoms with Crippen LogP contribution in [-0.2, 0) is 4.79 Å². The Morgan fingerprint density at radius 2 is 2.23 bits per heavy atom. The Labute approximate surface area is 185 Å². The predicted octanol–water partition coefficient (Wildman–Crippen LogP) is 5.14. The first kappa shape index (κ1) is 21.0. The van der Waals surface area contributed by atoms with E-state index in [1.54, 1.807) is 23.1 Å². The fraction of sp³-hybridized carbons (Fsp3) is 0.348. The molecule has 1 aliphatic rings. The van der Waals surface area contributed by atoms with Gasteiger partial charge in [-0.2, -0.15) is 0 Å². The third-order valence-corrected chi connectivity index (χ3v) is 7.41. The average molecular weight is 439 g/mol. The quantitative estimate of drug-likeness (QED) is 0.540. The summed E-state index contributed by atoms with van der Waals surface area (Å²) >= 11 is 3.43. The van der Waals surface area contributed by atoms with Crippen LogP contribution in [0, 0.1) is 6.92 Å². The van der Waals surface area contributed by atoms with E-state index in [0.717, 1.165) is 45.4 Å². The molecule has 3 aromatic rings. The number of hydrogen-bond donors (Lipinski definition) is 1. The van der Waals surface area contributed by atoms with E-state index in [1.807, 2.05) is 56.4 Å². The summed E-state index contributed by atoms with van der Waals surface area (Å²) in [4.78, 5) is 24.5. The number of aromatic nitrogens is 2. The van der Waals surface area contributed by atoms with Crippen molar-refractivity contribution in [1.29, 1.82) is 0 Å². The number of aryl methyl sites for hydroxylation is 1. The highest BCUT2D eigenvalue weighted by atomic mass is 32.2. The molecule has 5 nitrogen and oxygen atoms in total. The van der Waals surface area contributed by atoms with E-state index in [4.69, 9.17) is 0 Å². The van der Waals surface area contributed by atoms with Crippen molar-refractivity contribution in [3.63, 3.8) is 0 Å². The highest BCUT2D eigenvalue weighted by molar-refractivity contribution is 7.99. The number of carbonyl (C=O) groups excluding carboxylic acids is 1. The Balaban J connectivity index is 1.49. The molecule has 7 heteroatoms. The molecule has 0 spiro atoms. The van der Waals surface area contributed by atoms with Crippen LogP contribution in [0.5, 0.6) is 0 Å². The van der Waals surface area contributed by atoms with Crippen molar-refractivity contribution in [1.82, 2.24) is 14.9 Å². The van der Waals surface area contributed by atoms with Crippen LogP contribution in [0.3, 0.4) is 0 Å². The summed E-state index contributed by atoms with van der Waals surface area (Å²) in [6.07, 6.45) is 4.74. The SMILES string of the molecule is C/C=C(\C)CN1C[C@H](Sc2ccccn2)C[C@H]1C(=O)Nc1ccc2sc(C)nc2c1. The van der Waals surface area contributed by atoms with Gasteiger partial charge in [-0.05, 0) is 57.5 Å². The van der Waals surface area contributed by atoms with E-state index in [1.165, 1.54) is 5.57 Å². The summed E-state index contributed by atoms with van der Waals surface area (Å²) in [7, 11) is 0. The van der Waals surface area contributed by atoms with Gasteiger partial charge in [0.2, 0.25) is 5.91 Å². The first-order chi connectivity index (χ1) is 14.5. The minimum Gasteiger partial charge on any atom is -0.325 e. The average Bonchev–Trinajstić information content (AvgIpc) is 3.30. The van der Waals surface area contributed by atoms with Gasteiger partial charge in [0.05, 0.1) is 26.3 Å². The maximum absolute atomic E-state index is 13.2. The molecule has 1 amide bonds. The third kappa shape index (κ3) is 4.91. The lowest BCUT2D eigenvalue weighted by Crippen LogP contribution is -2.40. The van der Waals surface area contributed by atoms with Crippen molar-refractivity contribution in [2.45, 2.75) is 43.5 Å². The molecule has 30 heavy (non-hydrogen) atoms. The van der Waals surface area contributed by atoms with Crippen LogP contribution < -0.4 is 5.32 Å². The zero-order chi connectivity index (χ0) is 21.1. The fourth-order valence-electron chi connectivity index (χ4n) is 3.74. The number of allylic oxidation sites excluding steroid dienone is 1. The van der Waals surface area contributed by atoms with Crippen LogP contribution in [0.1, 0.15) is 25.3 Å². The summed E-state index contributed by atoms with van der Waals surface area (Å²) < 4.78 is 1.14. The van der Waals surface area contributed by atoms with Gasteiger partial charge in [0.1, 0.15) is 0 Å². The van der Waals surface area contributed by atoms with Crippen LogP contribution >= 0.6 is 23.1 Å². The number of pyridine rings is 1. The van der Waals surface area contributed by atoms with Gasteiger partial charge < -0.3 is 5.32 Å². The number of nitrogens with one attached hydrogen (secondary N) is 1. The summed E-state index contributed by atoms with van der Waals surface area (Å²) in [5, 5.41) is 5.51. The van der Waals surface area contributed by atoms with E-state index in [9.17, 15) is 4.79 Å². The predicted molar refractivity (Wildman–Crippen MR) is 126 cm³/mol. The van der Waals surface area contributed by atoms with E-state index >= 15 is 0 Å². The van der Waals surface area contributed by atoms with Crippen LogP contribution in [0.25, 0.3) is 10.2 Å². The molecule has 1 saturated heterocycles. The molecule has 3 heterocycles. The van der Waals surface area contributed by atoms with E-state index < -0.39 is 0 Å². The number of likely N-dealkylation sites (tertiary alicyclic amines) is 1. The molecule has 1 aromatic carbocycles. The lowest BCUT2D eigenvalue weighted by atomic mass is 10.1. The van der Waals surface area contributed by atoms with Gasteiger partial charge in [0.25, 0.3) is 0 Å². The molecule has 1 fully saturated rings. The summed E-state index contributed by atoms with van der Waals surface area (Å²) in [5.74, 6) is 0.0503. The van der Waals surface area contributed by atoms with E-state index in [-0.39, 0.29) is 11.9 Å². The first-order valence-corrected chi connectivity index (χ1v) is 11.8. The topological polar surface area (TPSA) is 58.1 Å². The maximum atomic E-state index is 13.2. The molecular weight excluding hydrogens is 412 g/mol. The maximum Gasteiger partial charge on any atom is 0.241 e. The zero-order valence-corrected chi connectivity index (χ0v) is 19.1. The number of thioether (sulfide) groups is 1. The minimum absolute atomic E-state index is 0.0503. The molecule has 4 rings (SSSR count). The van der Waals surface area contributed by atoms with Crippen LogP contribution in [0.15, 0.2) is 59.3 Å². The molecule has 0 saturated carbocycles. The van der Waals surface area contributed by atoms with Crippen molar-refractivity contribution in [3.8, 4) is 0 Å². The zero-order valence-electron chi connectivity index (χ0n) is 17.5. The molecule has 2 atom stereocenters. The summed E-state index contributed by atoms with van der Waals surface area (Å²) in [5.41, 5.74) is 3.02. The molecule has 2 aromatic heterocycles. The lowest BCUT2D eigenvalue weighted by Gasteiger charge is -2.23. The molecule has 1 aliphatic heterocycles. The monoisotopic (exact) mass is 438 g/mol. The number of rotatable bonds is 6. The van der Waals surface area contributed by atoms with Gasteiger partial charge in [-0.15, -0.1) is 23.1 Å². The largest absolute Gasteiger partial charge is 0.325 e. The number of hydrogen-bond acceptors (Lipinski definition) is 6. The Morgan fingerprint density at radius 3 is 3.00 bits per heavy atom. The Hall–Kier alpha value is -2.22. The second kappa shape index (κ2) is 9.29. The van der Waals surface area contributed by atoms with Gasteiger partial charge in [-0.1, -0.05) is 17.7 Å². The van der Waals surface area contributed by atoms with Crippen LogP contribution in [0.4, 0.5) is 5.69 Å². The van der Waals surface area contributed by atoms with Crippen molar-refractivity contribution >= 4 is 44.9 Å². The smallest absolute Gasteiger partial charge is 0.241 e. The van der Waals surface area contributed by atoms with Crippen LogP contribution in [0.2, 0.25) is 0 Å². The highest BCUT2D eigenvalue weighted by Gasteiger charge is 2.37. The molecular formula is C23H26N4OS2. The van der Waals surface area contributed by atoms with Crippen LogP contribution in [-0.4, -0.2) is 45.2 Å². The molecule has 1 N–H and O–H groups in total. The molecule has 0 radical (unpaired) electrons. The molecule has 0 bridgehead atoms. The van der Waals surface area contributed by atoms with E-state index in [2.05, 4.69) is 33.2 Å². The second-order valence-electron chi connectivity index (χ2n) is 7.63. The molecule has 0 aliphatic carbocycles. The van der Waals surface area contributed by atoms with E-state index in [0.29, 0.717) is 5.25 Å². The molecule has 0 unspecified atom stereocenters. The van der Waals surface area contributed by atoms with Crippen molar-refractivity contribution in [2.24, 2.45) is 0 Å². The third-order valence-electron chi connectivity index (χ3n) is 5.30. The number of benzene rings is 1. The number of nitrogens with zero attached hydrogens (tertiary/aromatic N) is 3.